The second kappa shape index (κ2) is 7.34. The largest absolute Gasteiger partial charge is 0.443 e. The lowest BCUT2D eigenvalue weighted by Gasteiger charge is -2.18. The molecule has 23 heavy (non-hydrogen) atoms. The molecule has 1 aromatic rings. The van der Waals surface area contributed by atoms with Crippen LogP contribution in [0.2, 0.25) is 0 Å². The fourth-order valence-corrected chi connectivity index (χ4v) is 1.49. The fourth-order valence-electron chi connectivity index (χ4n) is 1.49. The standard InChI is InChI=1S/C15H20F3N3O2/c1-10(20-21-13(22)23-14(2,3)4)9-19-12-7-5-11(6-8-12)15(16,17)18/h5-8,19H,9H2,1-4H3,(H,21,22)/b20-10+. The van der Waals surface area contributed by atoms with E-state index in [0.717, 1.165) is 12.1 Å². The molecule has 1 aromatic carbocycles. The summed E-state index contributed by atoms with van der Waals surface area (Å²) < 4.78 is 42.3. The minimum atomic E-state index is -4.35. The maximum Gasteiger partial charge on any atom is 0.428 e. The smallest absolute Gasteiger partial charge is 0.428 e. The van der Waals surface area contributed by atoms with Crippen LogP contribution in [0.15, 0.2) is 29.4 Å². The highest BCUT2D eigenvalue weighted by Gasteiger charge is 2.29. The highest BCUT2D eigenvalue weighted by molar-refractivity contribution is 5.87. The number of anilines is 1. The van der Waals surface area contributed by atoms with Gasteiger partial charge in [-0.3, -0.25) is 0 Å². The van der Waals surface area contributed by atoms with Crippen molar-refractivity contribution in [3.05, 3.63) is 29.8 Å². The number of nitrogens with zero attached hydrogens (tertiary/aromatic N) is 1. The van der Waals surface area contributed by atoms with Gasteiger partial charge in [0.15, 0.2) is 0 Å². The summed E-state index contributed by atoms with van der Waals surface area (Å²) in [5.74, 6) is 0. The van der Waals surface area contributed by atoms with Crippen LogP contribution in [-0.4, -0.2) is 24.0 Å². The number of benzene rings is 1. The lowest BCUT2D eigenvalue weighted by Crippen LogP contribution is -2.30. The number of hydrogen-bond acceptors (Lipinski definition) is 4. The van der Waals surface area contributed by atoms with Gasteiger partial charge in [0, 0.05) is 5.69 Å². The first kappa shape index (κ1) is 18.8. The molecule has 5 nitrogen and oxygen atoms in total. The quantitative estimate of drug-likeness (QED) is 0.647. The lowest BCUT2D eigenvalue weighted by molar-refractivity contribution is -0.137. The molecule has 8 heteroatoms. The van der Waals surface area contributed by atoms with E-state index in [9.17, 15) is 18.0 Å². The van der Waals surface area contributed by atoms with E-state index in [-0.39, 0.29) is 6.54 Å². The average molecular weight is 331 g/mol. The van der Waals surface area contributed by atoms with Crippen LogP contribution in [-0.2, 0) is 10.9 Å². The van der Waals surface area contributed by atoms with E-state index in [0.29, 0.717) is 11.4 Å². The molecule has 0 spiro atoms. The summed E-state index contributed by atoms with van der Waals surface area (Å²) in [6.07, 6.45) is -5.03. The second-order valence-corrected chi connectivity index (χ2v) is 5.89. The number of alkyl halides is 3. The van der Waals surface area contributed by atoms with Crippen molar-refractivity contribution in [3.63, 3.8) is 0 Å². The van der Waals surface area contributed by atoms with Crippen LogP contribution in [0, 0.1) is 0 Å². The zero-order valence-electron chi connectivity index (χ0n) is 13.4. The topological polar surface area (TPSA) is 62.7 Å². The van der Waals surface area contributed by atoms with Gasteiger partial charge in [0.2, 0.25) is 0 Å². The van der Waals surface area contributed by atoms with E-state index in [1.54, 1.807) is 27.7 Å². The molecular formula is C15H20F3N3O2. The van der Waals surface area contributed by atoms with Crippen molar-refractivity contribution < 1.29 is 22.7 Å². The fraction of sp³-hybridized carbons (Fsp3) is 0.467. The summed E-state index contributed by atoms with van der Waals surface area (Å²) in [7, 11) is 0. The molecule has 0 unspecified atom stereocenters. The number of hydrogen-bond donors (Lipinski definition) is 2. The van der Waals surface area contributed by atoms with Crippen LogP contribution < -0.4 is 10.7 Å². The number of carbonyl (C=O) groups is 1. The van der Waals surface area contributed by atoms with Gasteiger partial charge in [0.25, 0.3) is 0 Å². The number of carbonyl (C=O) groups excluding carboxylic acids is 1. The van der Waals surface area contributed by atoms with Gasteiger partial charge < -0.3 is 10.1 Å². The van der Waals surface area contributed by atoms with Gasteiger partial charge in [0.05, 0.1) is 17.8 Å². The Morgan fingerprint density at radius 1 is 1.17 bits per heavy atom. The van der Waals surface area contributed by atoms with Crippen molar-refractivity contribution in [2.24, 2.45) is 5.10 Å². The normalized spacial score (nSPS) is 12.7. The molecule has 0 radical (unpaired) electrons. The van der Waals surface area contributed by atoms with E-state index >= 15 is 0 Å². The van der Waals surface area contributed by atoms with E-state index in [1.807, 2.05) is 0 Å². The third kappa shape index (κ3) is 7.53. The Labute approximate surface area is 132 Å². The van der Waals surface area contributed by atoms with Gasteiger partial charge in [-0.1, -0.05) is 0 Å². The molecule has 0 fully saturated rings. The lowest BCUT2D eigenvalue weighted by atomic mass is 10.2. The molecule has 0 bridgehead atoms. The Morgan fingerprint density at radius 3 is 2.22 bits per heavy atom. The molecular weight excluding hydrogens is 311 g/mol. The van der Waals surface area contributed by atoms with Gasteiger partial charge in [0.1, 0.15) is 5.60 Å². The zero-order valence-corrected chi connectivity index (χ0v) is 13.4. The van der Waals surface area contributed by atoms with Gasteiger partial charge in [-0.15, -0.1) is 0 Å². The Bertz CT molecular complexity index is 561. The predicted octanol–water partition coefficient (Wildman–Crippen LogP) is 4.02. The third-order valence-corrected chi connectivity index (χ3v) is 2.50. The van der Waals surface area contributed by atoms with E-state index in [2.05, 4.69) is 15.8 Å². The van der Waals surface area contributed by atoms with Gasteiger partial charge >= 0.3 is 12.3 Å². The minimum absolute atomic E-state index is 0.265. The Hall–Kier alpha value is -2.25. The van der Waals surface area contributed by atoms with Crippen molar-refractivity contribution in [1.29, 1.82) is 0 Å². The zero-order chi connectivity index (χ0) is 17.7. The van der Waals surface area contributed by atoms with Crippen molar-refractivity contribution in [1.82, 2.24) is 5.43 Å². The van der Waals surface area contributed by atoms with Gasteiger partial charge in [-0.05, 0) is 52.0 Å². The van der Waals surface area contributed by atoms with Crippen LogP contribution in [0.4, 0.5) is 23.7 Å². The van der Waals surface area contributed by atoms with Gasteiger partial charge in [-0.25, -0.2) is 10.2 Å². The number of hydrazone groups is 1. The van der Waals surface area contributed by atoms with Crippen LogP contribution in [0.25, 0.3) is 0 Å². The molecule has 128 valence electrons. The number of ether oxygens (including phenoxy) is 1. The highest BCUT2D eigenvalue weighted by Crippen LogP contribution is 2.29. The minimum Gasteiger partial charge on any atom is -0.443 e. The van der Waals surface area contributed by atoms with Crippen molar-refractivity contribution in [2.75, 3.05) is 11.9 Å². The maximum atomic E-state index is 12.4. The van der Waals surface area contributed by atoms with Crippen LogP contribution in [0.1, 0.15) is 33.3 Å². The van der Waals surface area contributed by atoms with Crippen molar-refractivity contribution >= 4 is 17.5 Å². The average Bonchev–Trinajstić information content (AvgIpc) is 2.40. The summed E-state index contributed by atoms with van der Waals surface area (Å²) in [6, 6.07) is 4.65. The van der Waals surface area contributed by atoms with E-state index < -0.39 is 23.4 Å². The van der Waals surface area contributed by atoms with E-state index in [1.165, 1.54) is 12.1 Å². The van der Waals surface area contributed by atoms with Crippen LogP contribution in [0.5, 0.6) is 0 Å². The number of nitrogens with one attached hydrogen (secondary N) is 2. The molecule has 0 atom stereocenters. The SMILES string of the molecule is C/C(CNc1ccc(C(F)(F)F)cc1)=N\NC(=O)OC(C)(C)C. The first-order valence-electron chi connectivity index (χ1n) is 6.91. The second-order valence-electron chi connectivity index (χ2n) is 5.89. The van der Waals surface area contributed by atoms with Gasteiger partial charge in [-0.2, -0.15) is 18.3 Å². The first-order chi connectivity index (χ1) is 10.5. The summed E-state index contributed by atoms with van der Waals surface area (Å²) in [4.78, 5) is 11.4. The summed E-state index contributed by atoms with van der Waals surface area (Å²) >= 11 is 0. The summed E-state index contributed by atoms with van der Waals surface area (Å²) in [5, 5.41) is 6.73. The number of amides is 1. The maximum absolute atomic E-state index is 12.4. The van der Waals surface area contributed by atoms with Crippen LogP contribution >= 0.6 is 0 Å². The molecule has 1 amide bonds. The molecule has 1 rings (SSSR count). The number of rotatable bonds is 4. The van der Waals surface area contributed by atoms with Crippen molar-refractivity contribution in [2.45, 2.75) is 39.5 Å². The summed E-state index contributed by atoms with van der Waals surface area (Å²) in [5.41, 5.74) is 1.97. The molecule has 0 saturated heterocycles. The predicted molar refractivity (Wildman–Crippen MR) is 82.4 cm³/mol. The molecule has 0 heterocycles. The first-order valence-corrected chi connectivity index (χ1v) is 6.91. The summed E-state index contributed by atoms with van der Waals surface area (Å²) in [6.45, 7) is 7.12. The molecule has 2 N–H and O–H groups in total. The van der Waals surface area contributed by atoms with Crippen LogP contribution in [0.3, 0.4) is 0 Å². The Kier molecular flexibility index (Phi) is 6.00. The monoisotopic (exact) mass is 331 g/mol. The third-order valence-electron chi connectivity index (χ3n) is 2.50. The van der Waals surface area contributed by atoms with Crippen molar-refractivity contribution in [3.8, 4) is 0 Å². The highest BCUT2D eigenvalue weighted by atomic mass is 19.4. The molecule has 0 aliphatic rings. The molecule has 0 saturated carbocycles. The molecule has 0 aromatic heterocycles. The van der Waals surface area contributed by atoms with E-state index in [4.69, 9.17) is 4.74 Å². The molecule has 0 aliphatic heterocycles. The Balaban J connectivity index is 2.48. The number of halogens is 3. The molecule has 0 aliphatic carbocycles. The Morgan fingerprint density at radius 2 is 1.74 bits per heavy atom.